The smallest absolute Gasteiger partial charge is 0.152 e. The molecule has 2 N–H and O–H groups in total. The van der Waals surface area contributed by atoms with Gasteiger partial charge in [-0.25, -0.2) is 0 Å². The van der Waals surface area contributed by atoms with Crippen LogP contribution in [0.2, 0.25) is 0 Å². The molecule has 0 aromatic heterocycles. The van der Waals surface area contributed by atoms with E-state index >= 15 is 0 Å². The molecule has 1 rings (SSSR count). The molecule has 0 unspecified atom stereocenters. The van der Waals surface area contributed by atoms with Gasteiger partial charge in [-0.15, -0.1) is 0 Å². The number of nitrogens with two attached hydrogens (primary N) is 1. The molecule has 1 aromatic rings. The fourth-order valence-corrected chi connectivity index (χ4v) is 1.26. The van der Waals surface area contributed by atoms with Crippen molar-refractivity contribution < 1.29 is 14.3 Å². The first-order chi connectivity index (χ1) is 7.63. The first-order valence-electron chi connectivity index (χ1n) is 5.10. The summed E-state index contributed by atoms with van der Waals surface area (Å²) in [4.78, 5) is 21.2. The summed E-state index contributed by atoms with van der Waals surface area (Å²) in [6.07, 6.45) is 1.90. The Balaban J connectivity index is 2.46. The van der Waals surface area contributed by atoms with E-state index < -0.39 is 0 Å². The number of rotatable bonds is 6. The van der Waals surface area contributed by atoms with Crippen LogP contribution in [-0.2, 0) is 4.79 Å². The molecule has 0 fully saturated rings. The Hall–Kier alpha value is -1.84. The van der Waals surface area contributed by atoms with Gasteiger partial charge in [0.15, 0.2) is 6.29 Å². The lowest BCUT2D eigenvalue weighted by molar-refractivity contribution is -0.117. The third kappa shape index (κ3) is 3.73. The third-order valence-corrected chi connectivity index (χ3v) is 2.13. The lowest BCUT2D eigenvalue weighted by Gasteiger charge is -2.06. The predicted octanol–water partition coefficient (Wildman–Crippen LogP) is 1.83. The highest BCUT2D eigenvalue weighted by atomic mass is 16.5. The molecule has 0 bridgehead atoms. The number of hydrogen-bond acceptors (Lipinski definition) is 4. The molecular weight excluding hydrogens is 206 g/mol. The molecule has 1 aromatic carbocycles. The van der Waals surface area contributed by atoms with E-state index in [1.807, 2.05) is 0 Å². The number of Topliss-reactive ketones (excluding diaryl/α,β-unsaturated/α-hetero) is 1. The quantitative estimate of drug-likeness (QED) is 0.452. The van der Waals surface area contributed by atoms with Gasteiger partial charge in [0.25, 0.3) is 0 Å². The average molecular weight is 221 g/mol. The standard InChI is InChI=1S/C12H15NO3/c1-9(15)3-2-6-16-11-5-4-10(8-14)12(13)7-11/h4-5,7-8H,2-3,6,13H2,1H3. The highest BCUT2D eigenvalue weighted by molar-refractivity contribution is 5.83. The van der Waals surface area contributed by atoms with Crippen LogP contribution >= 0.6 is 0 Å². The maximum absolute atomic E-state index is 10.7. The van der Waals surface area contributed by atoms with E-state index in [1.165, 1.54) is 0 Å². The van der Waals surface area contributed by atoms with Crippen LogP contribution < -0.4 is 10.5 Å². The molecule has 0 aliphatic rings. The highest BCUT2D eigenvalue weighted by Crippen LogP contribution is 2.18. The molecule has 86 valence electrons. The minimum atomic E-state index is 0.152. The average Bonchev–Trinajstić information content (AvgIpc) is 2.24. The molecule has 0 spiro atoms. The molecule has 0 saturated heterocycles. The van der Waals surface area contributed by atoms with Crippen LogP contribution in [0.5, 0.6) is 5.75 Å². The zero-order chi connectivity index (χ0) is 12.0. The monoisotopic (exact) mass is 221 g/mol. The van der Waals surface area contributed by atoms with Crippen molar-refractivity contribution in [3.8, 4) is 5.75 Å². The molecule has 0 amide bonds. The third-order valence-electron chi connectivity index (χ3n) is 2.13. The van der Waals surface area contributed by atoms with Gasteiger partial charge in [0, 0.05) is 23.7 Å². The van der Waals surface area contributed by atoms with Crippen molar-refractivity contribution in [3.05, 3.63) is 23.8 Å². The number of nitrogen functional groups attached to an aromatic ring is 1. The van der Waals surface area contributed by atoms with Crippen LogP contribution in [0, 0.1) is 0 Å². The van der Waals surface area contributed by atoms with E-state index in [4.69, 9.17) is 10.5 Å². The van der Waals surface area contributed by atoms with Crippen LogP contribution in [0.1, 0.15) is 30.1 Å². The Morgan fingerprint density at radius 1 is 1.50 bits per heavy atom. The molecule has 0 saturated carbocycles. The second kappa shape index (κ2) is 5.90. The number of benzene rings is 1. The number of ketones is 1. The van der Waals surface area contributed by atoms with Crippen molar-refractivity contribution in [1.82, 2.24) is 0 Å². The summed E-state index contributed by atoms with van der Waals surface area (Å²) in [5.74, 6) is 0.770. The zero-order valence-corrected chi connectivity index (χ0v) is 9.23. The van der Waals surface area contributed by atoms with Gasteiger partial charge in [0.2, 0.25) is 0 Å². The number of carbonyl (C=O) groups is 2. The Morgan fingerprint density at radius 2 is 2.25 bits per heavy atom. The van der Waals surface area contributed by atoms with Crippen LogP contribution in [0.15, 0.2) is 18.2 Å². The van der Waals surface area contributed by atoms with Crippen molar-refractivity contribution in [2.45, 2.75) is 19.8 Å². The van der Waals surface area contributed by atoms with Gasteiger partial charge in [-0.2, -0.15) is 0 Å². The molecule has 16 heavy (non-hydrogen) atoms. The summed E-state index contributed by atoms with van der Waals surface area (Å²) in [5.41, 5.74) is 6.48. The van der Waals surface area contributed by atoms with Crippen molar-refractivity contribution >= 4 is 17.8 Å². The largest absolute Gasteiger partial charge is 0.494 e. The molecule has 0 atom stereocenters. The van der Waals surface area contributed by atoms with Crippen LogP contribution in [-0.4, -0.2) is 18.7 Å². The Kier molecular flexibility index (Phi) is 4.51. The molecule has 4 heteroatoms. The van der Waals surface area contributed by atoms with E-state index in [0.717, 1.165) is 0 Å². The van der Waals surface area contributed by atoms with Crippen molar-refractivity contribution in [2.24, 2.45) is 0 Å². The van der Waals surface area contributed by atoms with Gasteiger partial charge >= 0.3 is 0 Å². The molecule has 0 radical (unpaired) electrons. The van der Waals surface area contributed by atoms with E-state index in [0.29, 0.717) is 42.7 Å². The fraction of sp³-hybridized carbons (Fsp3) is 0.333. The van der Waals surface area contributed by atoms with E-state index in [1.54, 1.807) is 25.1 Å². The molecule has 0 aliphatic heterocycles. The summed E-state index contributed by atoms with van der Waals surface area (Å²) >= 11 is 0. The Morgan fingerprint density at radius 3 is 2.81 bits per heavy atom. The minimum Gasteiger partial charge on any atom is -0.494 e. The topological polar surface area (TPSA) is 69.4 Å². The maximum atomic E-state index is 10.7. The number of carbonyl (C=O) groups excluding carboxylic acids is 2. The summed E-state index contributed by atoms with van der Waals surface area (Å²) in [6.45, 7) is 2.02. The van der Waals surface area contributed by atoms with E-state index in [2.05, 4.69) is 0 Å². The summed E-state index contributed by atoms with van der Waals surface area (Å²) in [6, 6.07) is 4.91. The summed E-state index contributed by atoms with van der Waals surface area (Å²) in [7, 11) is 0. The van der Waals surface area contributed by atoms with Gasteiger partial charge in [-0.05, 0) is 25.5 Å². The highest BCUT2D eigenvalue weighted by Gasteiger charge is 2.00. The normalized spacial score (nSPS) is 9.81. The molecular formula is C12H15NO3. The molecule has 0 aliphatic carbocycles. The first-order valence-corrected chi connectivity index (χ1v) is 5.10. The van der Waals surface area contributed by atoms with Gasteiger partial charge in [-0.3, -0.25) is 4.79 Å². The van der Waals surface area contributed by atoms with E-state index in [9.17, 15) is 9.59 Å². The van der Waals surface area contributed by atoms with Gasteiger partial charge in [0.05, 0.1) is 6.61 Å². The number of aldehydes is 1. The lowest BCUT2D eigenvalue weighted by Crippen LogP contribution is -2.01. The summed E-state index contributed by atoms with van der Waals surface area (Å²) < 4.78 is 5.39. The maximum Gasteiger partial charge on any atom is 0.152 e. The van der Waals surface area contributed by atoms with Crippen LogP contribution in [0.3, 0.4) is 0 Å². The SMILES string of the molecule is CC(=O)CCCOc1ccc(C=O)c(N)c1. The second-order valence-corrected chi connectivity index (χ2v) is 3.56. The number of ether oxygens (including phenoxy) is 1. The second-order valence-electron chi connectivity index (χ2n) is 3.56. The Labute approximate surface area is 94.4 Å². The zero-order valence-electron chi connectivity index (χ0n) is 9.23. The van der Waals surface area contributed by atoms with Crippen LogP contribution in [0.25, 0.3) is 0 Å². The Bertz CT molecular complexity index is 388. The van der Waals surface area contributed by atoms with Crippen molar-refractivity contribution in [3.63, 3.8) is 0 Å². The van der Waals surface area contributed by atoms with Gasteiger partial charge < -0.3 is 15.3 Å². The van der Waals surface area contributed by atoms with Gasteiger partial charge in [0.1, 0.15) is 11.5 Å². The molecule has 4 nitrogen and oxygen atoms in total. The lowest BCUT2D eigenvalue weighted by atomic mass is 10.2. The van der Waals surface area contributed by atoms with Crippen molar-refractivity contribution in [2.75, 3.05) is 12.3 Å². The number of anilines is 1. The minimum absolute atomic E-state index is 0.152. The van der Waals surface area contributed by atoms with Crippen molar-refractivity contribution in [1.29, 1.82) is 0 Å². The van der Waals surface area contributed by atoms with E-state index in [-0.39, 0.29) is 5.78 Å². The van der Waals surface area contributed by atoms with Gasteiger partial charge in [-0.1, -0.05) is 0 Å². The molecule has 0 heterocycles. The first kappa shape index (κ1) is 12.2. The fourth-order valence-electron chi connectivity index (χ4n) is 1.26. The predicted molar refractivity (Wildman–Crippen MR) is 61.7 cm³/mol. The summed E-state index contributed by atoms with van der Waals surface area (Å²) in [5, 5.41) is 0. The number of hydrogen-bond donors (Lipinski definition) is 1. The van der Waals surface area contributed by atoms with Crippen LogP contribution in [0.4, 0.5) is 5.69 Å².